The lowest BCUT2D eigenvalue weighted by Gasteiger charge is -2.39. The second-order valence-corrected chi connectivity index (χ2v) is 9.86. The molecule has 0 spiro atoms. The summed E-state index contributed by atoms with van der Waals surface area (Å²) in [5.41, 5.74) is 0. The van der Waals surface area contributed by atoms with E-state index in [9.17, 15) is 9.59 Å². The molecule has 4 heterocycles. The zero-order valence-corrected chi connectivity index (χ0v) is 19.1. The first-order valence-electron chi connectivity index (χ1n) is 11.8. The van der Waals surface area contributed by atoms with Gasteiger partial charge >= 0.3 is 0 Å². The first-order chi connectivity index (χ1) is 14.4. The Kier molecular flexibility index (Phi) is 6.97. The van der Waals surface area contributed by atoms with E-state index in [0.29, 0.717) is 19.0 Å². The number of piperazine rings is 1. The molecule has 170 valence electrons. The summed E-state index contributed by atoms with van der Waals surface area (Å²) in [6.45, 7) is 7.49. The zero-order chi connectivity index (χ0) is 21.3. The van der Waals surface area contributed by atoms with Crippen LogP contribution in [0.4, 0.5) is 0 Å². The number of nitrogens with one attached hydrogen (secondary N) is 1. The number of hydrogen-bond donors (Lipinski definition) is 1. The van der Waals surface area contributed by atoms with Crippen LogP contribution in [-0.4, -0.2) is 134 Å². The Morgan fingerprint density at radius 3 is 2.30 bits per heavy atom. The van der Waals surface area contributed by atoms with Gasteiger partial charge in [0.15, 0.2) is 0 Å². The van der Waals surface area contributed by atoms with Gasteiger partial charge in [0, 0.05) is 63.8 Å². The van der Waals surface area contributed by atoms with Crippen molar-refractivity contribution >= 4 is 11.8 Å². The smallest absolute Gasteiger partial charge is 0.239 e. The highest BCUT2D eigenvalue weighted by atomic mass is 16.2. The molecule has 4 aliphatic rings. The first kappa shape index (κ1) is 22.0. The molecule has 1 N–H and O–H groups in total. The van der Waals surface area contributed by atoms with Crippen LogP contribution in [0.3, 0.4) is 0 Å². The average molecular weight is 421 g/mol. The fourth-order valence-corrected chi connectivity index (χ4v) is 5.83. The number of likely N-dealkylation sites (N-methyl/N-ethyl adjacent to an activating group) is 2. The minimum absolute atomic E-state index is 0.0401. The summed E-state index contributed by atoms with van der Waals surface area (Å²) in [6, 6.07) is 0.973. The lowest BCUT2D eigenvalue weighted by molar-refractivity contribution is -0.133. The van der Waals surface area contributed by atoms with Crippen molar-refractivity contribution in [1.82, 2.24) is 29.8 Å². The Hall–Kier alpha value is -1.22. The maximum Gasteiger partial charge on any atom is 0.239 e. The predicted octanol–water partition coefficient (Wildman–Crippen LogP) is -0.492. The summed E-state index contributed by atoms with van der Waals surface area (Å²) in [4.78, 5) is 37.3. The number of fused-ring (bicyclic) bond motifs is 1. The summed E-state index contributed by atoms with van der Waals surface area (Å²) in [5, 5.41) is 3.22. The molecule has 0 aromatic rings. The quantitative estimate of drug-likeness (QED) is 0.662. The highest BCUT2D eigenvalue weighted by molar-refractivity contribution is 5.83. The monoisotopic (exact) mass is 420 g/mol. The molecule has 30 heavy (non-hydrogen) atoms. The Labute approximate surface area is 181 Å². The van der Waals surface area contributed by atoms with Gasteiger partial charge in [-0.05, 0) is 59.9 Å². The van der Waals surface area contributed by atoms with Crippen molar-refractivity contribution in [3.63, 3.8) is 0 Å². The lowest BCUT2D eigenvalue weighted by Crippen LogP contribution is -2.54. The van der Waals surface area contributed by atoms with E-state index in [1.54, 1.807) is 0 Å². The van der Waals surface area contributed by atoms with Crippen molar-refractivity contribution in [3.05, 3.63) is 0 Å². The summed E-state index contributed by atoms with van der Waals surface area (Å²) in [5.74, 6) is 0.458. The predicted molar refractivity (Wildman–Crippen MR) is 117 cm³/mol. The maximum absolute atomic E-state index is 13.1. The van der Waals surface area contributed by atoms with Gasteiger partial charge in [0.1, 0.15) is 6.04 Å². The number of carbonyl (C=O) groups is 2. The third kappa shape index (κ3) is 4.66. The van der Waals surface area contributed by atoms with Crippen LogP contribution in [0.1, 0.15) is 32.1 Å². The normalized spacial score (nSPS) is 33.4. The molecule has 0 unspecified atom stereocenters. The van der Waals surface area contributed by atoms with Gasteiger partial charge in [-0.3, -0.25) is 19.4 Å². The third-order valence-corrected chi connectivity index (χ3v) is 7.99. The van der Waals surface area contributed by atoms with Crippen molar-refractivity contribution in [2.45, 2.75) is 56.3 Å². The molecule has 0 bridgehead atoms. The number of amides is 2. The van der Waals surface area contributed by atoms with Crippen LogP contribution in [0.25, 0.3) is 0 Å². The van der Waals surface area contributed by atoms with Gasteiger partial charge < -0.3 is 20.0 Å². The highest BCUT2D eigenvalue weighted by Crippen LogP contribution is 2.31. The number of nitrogens with zero attached hydrogens (tertiary/aromatic N) is 5. The average Bonchev–Trinajstić information content (AvgIpc) is 3.14. The molecular formula is C22H40N6O2. The van der Waals surface area contributed by atoms with Gasteiger partial charge in [-0.2, -0.15) is 0 Å². The molecular weight excluding hydrogens is 380 g/mol. The van der Waals surface area contributed by atoms with Gasteiger partial charge in [0.05, 0.1) is 0 Å². The van der Waals surface area contributed by atoms with Crippen LogP contribution >= 0.6 is 0 Å². The molecule has 0 aromatic heterocycles. The zero-order valence-electron chi connectivity index (χ0n) is 19.1. The summed E-state index contributed by atoms with van der Waals surface area (Å²) in [7, 11) is 6.46. The van der Waals surface area contributed by atoms with Crippen LogP contribution < -0.4 is 5.32 Å². The second kappa shape index (κ2) is 9.51. The molecule has 2 amide bonds. The molecule has 0 radical (unpaired) electrons. The number of piperidine rings is 1. The number of likely N-dealkylation sites (tertiary alicyclic amines) is 2. The Bertz CT molecular complexity index is 615. The van der Waals surface area contributed by atoms with Gasteiger partial charge in [0.2, 0.25) is 11.8 Å². The largest absolute Gasteiger partial charge is 0.353 e. The SMILES string of the molecule is CN1CCC(N2CC[C@@H]3[C@H]2C(=O)NC[C@H](CCC(=O)N2CCN(C)CC2)N3C)CC1. The lowest BCUT2D eigenvalue weighted by atomic mass is 10.0. The molecule has 8 nitrogen and oxygen atoms in total. The van der Waals surface area contributed by atoms with E-state index in [4.69, 9.17) is 0 Å². The van der Waals surface area contributed by atoms with E-state index in [1.807, 2.05) is 4.90 Å². The van der Waals surface area contributed by atoms with E-state index in [-0.39, 0.29) is 29.9 Å². The van der Waals surface area contributed by atoms with E-state index in [2.05, 4.69) is 46.1 Å². The van der Waals surface area contributed by atoms with Crippen LogP contribution in [0.15, 0.2) is 0 Å². The van der Waals surface area contributed by atoms with Crippen molar-refractivity contribution in [2.75, 3.05) is 73.5 Å². The van der Waals surface area contributed by atoms with Crippen LogP contribution in [0, 0.1) is 0 Å². The van der Waals surface area contributed by atoms with E-state index < -0.39 is 0 Å². The number of carbonyl (C=O) groups excluding carboxylic acids is 2. The van der Waals surface area contributed by atoms with Crippen molar-refractivity contribution in [2.24, 2.45) is 0 Å². The second-order valence-electron chi connectivity index (χ2n) is 9.86. The molecule has 3 atom stereocenters. The van der Waals surface area contributed by atoms with Crippen molar-refractivity contribution in [1.29, 1.82) is 0 Å². The van der Waals surface area contributed by atoms with Crippen molar-refractivity contribution < 1.29 is 9.59 Å². The minimum Gasteiger partial charge on any atom is -0.353 e. The van der Waals surface area contributed by atoms with E-state index in [0.717, 1.165) is 71.5 Å². The Morgan fingerprint density at radius 1 is 0.933 bits per heavy atom. The molecule has 4 saturated heterocycles. The van der Waals surface area contributed by atoms with Gasteiger partial charge in [-0.15, -0.1) is 0 Å². The molecule has 4 fully saturated rings. The third-order valence-electron chi connectivity index (χ3n) is 7.99. The standard InChI is InChI=1S/C22H40N6O2/c1-24-9-6-17(7-10-24)28-11-8-19-21(28)22(30)23-16-18(26(19)3)4-5-20(29)27-14-12-25(2)13-15-27/h17-19,21H,4-16H2,1-3H3,(H,23,30)/t18-,19+,21-/m0/s1. The minimum atomic E-state index is -0.0401. The van der Waals surface area contributed by atoms with Crippen LogP contribution in [-0.2, 0) is 9.59 Å². The summed E-state index contributed by atoms with van der Waals surface area (Å²) in [6.07, 6.45) is 4.74. The topological polar surface area (TPSA) is 62.4 Å². The molecule has 8 heteroatoms. The fourth-order valence-electron chi connectivity index (χ4n) is 5.83. The number of rotatable bonds is 4. The Morgan fingerprint density at radius 2 is 1.60 bits per heavy atom. The first-order valence-corrected chi connectivity index (χ1v) is 11.8. The van der Waals surface area contributed by atoms with Gasteiger partial charge in [0.25, 0.3) is 0 Å². The summed E-state index contributed by atoms with van der Waals surface area (Å²) >= 11 is 0. The Balaban J connectivity index is 1.34. The van der Waals surface area contributed by atoms with E-state index in [1.165, 1.54) is 0 Å². The highest BCUT2D eigenvalue weighted by Gasteiger charge is 2.47. The molecule has 0 aliphatic carbocycles. The summed E-state index contributed by atoms with van der Waals surface area (Å²) < 4.78 is 0. The number of hydrogen-bond acceptors (Lipinski definition) is 6. The molecule has 4 aliphatic heterocycles. The fraction of sp³-hybridized carbons (Fsp3) is 0.909. The molecule has 0 aromatic carbocycles. The maximum atomic E-state index is 13.1. The molecule has 0 saturated carbocycles. The van der Waals surface area contributed by atoms with Gasteiger partial charge in [-0.25, -0.2) is 0 Å². The van der Waals surface area contributed by atoms with Crippen LogP contribution in [0.5, 0.6) is 0 Å². The molecule has 4 rings (SSSR count). The van der Waals surface area contributed by atoms with Crippen LogP contribution in [0.2, 0.25) is 0 Å². The van der Waals surface area contributed by atoms with E-state index >= 15 is 0 Å². The van der Waals surface area contributed by atoms with Crippen molar-refractivity contribution in [3.8, 4) is 0 Å². The van der Waals surface area contributed by atoms with Gasteiger partial charge in [-0.1, -0.05) is 0 Å².